The van der Waals surface area contributed by atoms with E-state index in [2.05, 4.69) is 43.6 Å². The van der Waals surface area contributed by atoms with Gasteiger partial charge in [0, 0.05) is 49.9 Å². The molecule has 3 fully saturated rings. The van der Waals surface area contributed by atoms with Crippen molar-refractivity contribution in [1.82, 2.24) is 16.0 Å². The van der Waals surface area contributed by atoms with Crippen LogP contribution in [0.2, 0.25) is 0 Å². The molecule has 3 heterocycles. The first-order valence-corrected chi connectivity index (χ1v) is 16.4. The van der Waals surface area contributed by atoms with Gasteiger partial charge in [-0.2, -0.15) is 0 Å². The Balaban J connectivity index is 2.23. The van der Waals surface area contributed by atoms with Gasteiger partial charge in [0.25, 0.3) is 0 Å². The number of benzene rings is 1. The molecule has 45 heavy (non-hydrogen) atoms. The van der Waals surface area contributed by atoms with Crippen molar-refractivity contribution in [2.75, 3.05) is 0 Å². The Labute approximate surface area is 269 Å². The van der Waals surface area contributed by atoms with Crippen molar-refractivity contribution in [3.8, 4) is 0 Å². The van der Waals surface area contributed by atoms with Gasteiger partial charge in [0.05, 0.1) is 17.9 Å². The van der Waals surface area contributed by atoms with Crippen LogP contribution in [0, 0.1) is 0 Å². The first-order chi connectivity index (χ1) is 20.2. The number of hydrogen-bond donors (Lipinski definition) is 3. The molecule has 3 saturated heterocycles. The van der Waals surface area contributed by atoms with E-state index in [0.717, 1.165) is 0 Å². The Morgan fingerprint density at radius 2 is 0.622 bits per heavy atom. The maximum absolute atomic E-state index is 13.6. The minimum Gasteiger partial charge on any atom is -0.545 e. The molecule has 0 aliphatic carbocycles. The maximum atomic E-state index is 13.6. The largest absolute Gasteiger partial charge is 0.545 e. The molecule has 3 aliphatic rings. The zero-order chi connectivity index (χ0) is 34.3. The molecule has 9 nitrogen and oxygen atoms in total. The van der Waals surface area contributed by atoms with E-state index >= 15 is 0 Å². The topological polar surface area (TPSA) is 156 Å². The number of nitrogens with one attached hydrogen (secondary N) is 3. The highest BCUT2D eigenvalue weighted by Crippen LogP contribution is 2.52. The number of piperidine rings is 3. The third-order valence-corrected chi connectivity index (χ3v) is 10.0. The molecule has 0 saturated carbocycles. The summed E-state index contributed by atoms with van der Waals surface area (Å²) in [4.78, 5) is 40.2. The van der Waals surface area contributed by atoms with Gasteiger partial charge in [-0.15, -0.1) is 0 Å². The SMILES string of the molecule is CC1(C)CC(c2c(C(=O)[O-])c(C(=O)[O-])c(C3CC(C)(C)NC(C)(C)C3)c(C3CC(C)(C)NC(C)(C)C3)c2C(=O)[O-])CC(C)(C)N1. The summed E-state index contributed by atoms with van der Waals surface area (Å²) in [6.45, 7) is 24.3. The summed E-state index contributed by atoms with van der Waals surface area (Å²) in [5.41, 5.74) is -3.13. The Bertz CT molecular complexity index is 1360. The van der Waals surface area contributed by atoms with Crippen molar-refractivity contribution in [2.24, 2.45) is 0 Å². The van der Waals surface area contributed by atoms with E-state index in [9.17, 15) is 29.7 Å². The van der Waals surface area contributed by atoms with Gasteiger partial charge in [0.15, 0.2) is 0 Å². The van der Waals surface area contributed by atoms with E-state index < -0.39 is 74.1 Å². The number of rotatable bonds is 6. The van der Waals surface area contributed by atoms with Gasteiger partial charge in [-0.1, -0.05) is 0 Å². The lowest BCUT2D eigenvalue weighted by molar-refractivity contribution is -0.260. The van der Waals surface area contributed by atoms with Gasteiger partial charge in [-0.05, 0) is 156 Å². The minimum atomic E-state index is -1.70. The Hall–Kier alpha value is -2.49. The Morgan fingerprint density at radius 1 is 0.422 bits per heavy atom. The van der Waals surface area contributed by atoms with Crippen molar-refractivity contribution in [3.63, 3.8) is 0 Å². The van der Waals surface area contributed by atoms with E-state index in [4.69, 9.17) is 0 Å². The highest BCUT2D eigenvalue weighted by molar-refractivity contribution is 6.07. The minimum absolute atomic E-state index is 0.0113. The lowest BCUT2D eigenvalue weighted by Gasteiger charge is -2.51. The average Bonchev–Trinajstić information content (AvgIpc) is 2.75. The van der Waals surface area contributed by atoms with Gasteiger partial charge >= 0.3 is 0 Å². The van der Waals surface area contributed by atoms with E-state index in [-0.39, 0.29) is 22.6 Å². The molecule has 0 amide bonds. The highest BCUT2D eigenvalue weighted by Gasteiger charge is 2.47. The molecule has 0 bridgehead atoms. The summed E-state index contributed by atoms with van der Waals surface area (Å²) in [5, 5.41) is 51.0. The van der Waals surface area contributed by atoms with Crippen LogP contribution in [0.3, 0.4) is 0 Å². The standard InChI is InChI=1S/C36H57N3O6/c1-31(2)13-19(14-32(3,4)37-31)22-23(20-15-33(5,6)38-34(7,8)16-20)26(29(42)43)27(30(44)45)24(25(22)28(40)41)21-17-35(9,10)39-36(11,12)18-21/h19-21,37-39H,13-18H2,1-12H3,(H,40,41)(H,42,43)(H,44,45)/p-3. The van der Waals surface area contributed by atoms with Crippen LogP contribution in [0.15, 0.2) is 0 Å². The highest BCUT2D eigenvalue weighted by atomic mass is 16.4. The van der Waals surface area contributed by atoms with Crippen LogP contribution in [-0.4, -0.2) is 51.1 Å². The van der Waals surface area contributed by atoms with E-state index in [0.29, 0.717) is 44.1 Å². The van der Waals surface area contributed by atoms with Crippen LogP contribution in [0.1, 0.15) is 187 Å². The molecule has 1 aromatic rings. The number of carboxylic acid groups (broad SMARTS) is 3. The smallest absolute Gasteiger partial charge is 0.0725 e. The van der Waals surface area contributed by atoms with Gasteiger partial charge < -0.3 is 45.7 Å². The predicted molar refractivity (Wildman–Crippen MR) is 169 cm³/mol. The summed E-state index contributed by atoms with van der Waals surface area (Å²) < 4.78 is 0. The van der Waals surface area contributed by atoms with Gasteiger partial charge in [0.2, 0.25) is 0 Å². The quantitative estimate of drug-likeness (QED) is 0.433. The Morgan fingerprint density at radius 3 is 0.867 bits per heavy atom. The van der Waals surface area contributed by atoms with Gasteiger partial charge in [0.1, 0.15) is 0 Å². The van der Waals surface area contributed by atoms with Crippen LogP contribution in [0.4, 0.5) is 0 Å². The Kier molecular flexibility index (Phi) is 8.69. The van der Waals surface area contributed by atoms with Crippen molar-refractivity contribution < 1.29 is 29.7 Å². The third kappa shape index (κ3) is 7.41. The van der Waals surface area contributed by atoms with Crippen molar-refractivity contribution in [1.29, 1.82) is 0 Å². The molecular weight excluding hydrogens is 570 g/mol. The second kappa shape index (κ2) is 11.1. The predicted octanol–water partition coefficient (Wildman–Crippen LogP) is 2.85. The van der Waals surface area contributed by atoms with Crippen LogP contribution in [0.5, 0.6) is 0 Å². The number of aromatic carboxylic acids is 3. The molecule has 3 aliphatic heterocycles. The molecule has 3 N–H and O–H groups in total. The van der Waals surface area contributed by atoms with Crippen LogP contribution in [0.25, 0.3) is 0 Å². The lowest BCUT2D eigenvalue weighted by atomic mass is 9.63. The van der Waals surface area contributed by atoms with Crippen molar-refractivity contribution >= 4 is 17.9 Å². The maximum Gasteiger partial charge on any atom is 0.0725 e. The second-order valence-corrected chi connectivity index (χ2v) is 18.2. The van der Waals surface area contributed by atoms with Gasteiger partial charge in [-0.25, -0.2) is 0 Å². The molecule has 0 unspecified atom stereocenters. The molecule has 9 heteroatoms. The molecule has 0 atom stereocenters. The lowest BCUT2D eigenvalue weighted by Crippen LogP contribution is -2.59. The summed E-state index contributed by atoms with van der Waals surface area (Å²) >= 11 is 0. The number of carbonyl (C=O) groups excluding carboxylic acids is 3. The van der Waals surface area contributed by atoms with Crippen LogP contribution in [-0.2, 0) is 0 Å². The van der Waals surface area contributed by atoms with Gasteiger partial charge in [-0.3, -0.25) is 0 Å². The first-order valence-electron chi connectivity index (χ1n) is 16.4. The zero-order valence-electron chi connectivity index (χ0n) is 29.4. The van der Waals surface area contributed by atoms with Crippen molar-refractivity contribution in [3.05, 3.63) is 33.4 Å². The summed E-state index contributed by atoms with van der Waals surface area (Å²) in [5.74, 6) is -6.21. The average molecular weight is 625 g/mol. The van der Waals surface area contributed by atoms with Crippen LogP contribution >= 0.6 is 0 Å². The van der Waals surface area contributed by atoms with E-state index in [1.807, 2.05) is 55.4 Å². The molecular formula is C36H54N3O6-3. The molecule has 0 radical (unpaired) electrons. The fourth-order valence-corrected chi connectivity index (χ4v) is 10.3. The van der Waals surface area contributed by atoms with E-state index in [1.165, 1.54) is 0 Å². The fraction of sp³-hybridized carbons (Fsp3) is 0.750. The first kappa shape index (κ1) is 35.4. The zero-order valence-corrected chi connectivity index (χ0v) is 29.4. The summed E-state index contributed by atoms with van der Waals surface area (Å²) in [6.07, 6.45) is 2.82. The molecule has 0 aromatic heterocycles. The third-order valence-electron chi connectivity index (χ3n) is 10.0. The molecule has 1 aromatic carbocycles. The monoisotopic (exact) mass is 624 g/mol. The fourth-order valence-electron chi connectivity index (χ4n) is 10.3. The summed E-state index contributed by atoms with van der Waals surface area (Å²) in [7, 11) is 0. The molecule has 252 valence electrons. The number of carbonyl (C=O) groups is 3. The molecule has 4 rings (SSSR count). The number of hydrogen-bond acceptors (Lipinski definition) is 9. The van der Waals surface area contributed by atoms with Crippen molar-refractivity contribution in [2.45, 2.75) is 173 Å². The normalized spacial score (nSPS) is 25.9. The molecule has 0 spiro atoms. The van der Waals surface area contributed by atoms with E-state index in [1.54, 1.807) is 0 Å². The van der Waals surface area contributed by atoms with Crippen LogP contribution < -0.4 is 31.3 Å². The summed E-state index contributed by atoms with van der Waals surface area (Å²) in [6, 6.07) is 0. The number of carboxylic acids is 3. The second-order valence-electron chi connectivity index (χ2n) is 18.2.